The zero-order valence-corrected chi connectivity index (χ0v) is 11.0. The Morgan fingerprint density at radius 3 is 2.63 bits per heavy atom. The van der Waals surface area contributed by atoms with Gasteiger partial charge in [0.05, 0.1) is 12.6 Å². The van der Waals surface area contributed by atoms with Crippen molar-refractivity contribution < 1.29 is 19.8 Å². The predicted molar refractivity (Wildman–Crippen MR) is 68.6 cm³/mol. The Bertz CT molecular complexity index is 348. The molecule has 1 saturated heterocycles. The molecule has 0 aromatic rings. The highest BCUT2D eigenvalue weighted by atomic mass is 16.4. The van der Waals surface area contributed by atoms with E-state index in [0.29, 0.717) is 12.0 Å². The van der Waals surface area contributed by atoms with E-state index in [1.54, 1.807) is 0 Å². The van der Waals surface area contributed by atoms with Gasteiger partial charge in [0.25, 0.3) is 0 Å². The minimum Gasteiger partial charge on any atom is -0.480 e. The van der Waals surface area contributed by atoms with Crippen molar-refractivity contribution in [1.82, 2.24) is 10.6 Å². The van der Waals surface area contributed by atoms with E-state index < -0.39 is 18.6 Å². The summed E-state index contributed by atoms with van der Waals surface area (Å²) in [7, 11) is 0. The largest absolute Gasteiger partial charge is 0.480 e. The van der Waals surface area contributed by atoms with Crippen LogP contribution in [-0.4, -0.2) is 46.8 Å². The Hall–Kier alpha value is -1.14. The maximum atomic E-state index is 12.0. The van der Waals surface area contributed by atoms with Crippen LogP contribution < -0.4 is 10.6 Å². The lowest BCUT2D eigenvalue weighted by molar-refractivity contribution is -0.143. The Labute approximate surface area is 112 Å². The second-order valence-electron chi connectivity index (χ2n) is 5.53. The van der Waals surface area contributed by atoms with Crippen molar-refractivity contribution >= 4 is 11.9 Å². The molecular formula is C13H22N2O4. The van der Waals surface area contributed by atoms with Crippen LogP contribution in [0.15, 0.2) is 0 Å². The monoisotopic (exact) mass is 270 g/mol. The molecule has 0 spiro atoms. The Kier molecular flexibility index (Phi) is 4.76. The number of hydrogen-bond donors (Lipinski definition) is 4. The van der Waals surface area contributed by atoms with E-state index in [1.807, 2.05) is 0 Å². The number of hydrogen-bond acceptors (Lipinski definition) is 4. The quantitative estimate of drug-likeness (QED) is 0.570. The van der Waals surface area contributed by atoms with E-state index in [9.17, 15) is 9.59 Å². The smallest absolute Gasteiger partial charge is 0.328 e. The zero-order chi connectivity index (χ0) is 13.8. The molecule has 0 aromatic carbocycles. The van der Waals surface area contributed by atoms with Gasteiger partial charge in [-0.25, -0.2) is 4.79 Å². The van der Waals surface area contributed by atoms with Crippen molar-refractivity contribution in [3.8, 4) is 0 Å². The second-order valence-corrected chi connectivity index (χ2v) is 5.53. The van der Waals surface area contributed by atoms with Gasteiger partial charge in [0.15, 0.2) is 0 Å². The van der Waals surface area contributed by atoms with Crippen molar-refractivity contribution in [2.75, 3.05) is 6.61 Å². The first-order chi connectivity index (χ1) is 9.11. The molecule has 1 amide bonds. The van der Waals surface area contributed by atoms with Gasteiger partial charge in [-0.1, -0.05) is 12.8 Å². The summed E-state index contributed by atoms with van der Waals surface area (Å²) in [5.41, 5.74) is 0. The third-order valence-corrected chi connectivity index (χ3v) is 4.26. The fourth-order valence-electron chi connectivity index (χ4n) is 3.16. The van der Waals surface area contributed by atoms with E-state index in [2.05, 4.69) is 10.6 Å². The molecule has 3 unspecified atom stereocenters. The summed E-state index contributed by atoms with van der Waals surface area (Å²) in [4.78, 5) is 22.8. The molecule has 1 aliphatic carbocycles. The summed E-state index contributed by atoms with van der Waals surface area (Å²) < 4.78 is 0. The number of nitrogens with one attached hydrogen (secondary N) is 2. The van der Waals surface area contributed by atoms with Crippen LogP contribution in [-0.2, 0) is 9.59 Å². The van der Waals surface area contributed by atoms with Gasteiger partial charge in [0.1, 0.15) is 6.04 Å². The van der Waals surface area contributed by atoms with Gasteiger partial charge in [0.2, 0.25) is 5.91 Å². The minimum atomic E-state index is -1.21. The number of aliphatic hydroxyl groups excluding tert-OH is 1. The van der Waals surface area contributed by atoms with Gasteiger partial charge in [-0.05, 0) is 31.6 Å². The van der Waals surface area contributed by atoms with Crippen molar-refractivity contribution in [3.05, 3.63) is 0 Å². The average molecular weight is 270 g/mol. The summed E-state index contributed by atoms with van der Waals surface area (Å²) in [6.07, 6.45) is 6.54. The fraction of sp³-hybridized carbons (Fsp3) is 0.846. The minimum absolute atomic E-state index is 0.314. The van der Waals surface area contributed by atoms with Crippen LogP contribution in [0, 0.1) is 5.92 Å². The number of rotatable bonds is 4. The molecule has 1 aliphatic heterocycles. The van der Waals surface area contributed by atoms with E-state index >= 15 is 0 Å². The number of carbonyl (C=O) groups excluding carboxylic acids is 1. The highest BCUT2D eigenvalue weighted by Gasteiger charge is 2.35. The number of fused-ring (bicyclic) bond motifs is 1. The van der Waals surface area contributed by atoms with E-state index in [4.69, 9.17) is 10.2 Å². The maximum Gasteiger partial charge on any atom is 0.328 e. The summed E-state index contributed by atoms with van der Waals surface area (Å²) in [6, 6.07) is -1.15. The van der Waals surface area contributed by atoms with Crippen LogP contribution in [0.1, 0.15) is 38.5 Å². The van der Waals surface area contributed by atoms with Crippen LogP contribution in [0.4, 0.5) is 0 Å². The van der Waals surface area contributed by atoms with Gasteiger partial charge < -0.3 is 20.8 Å². The molecule has 0 radical (unpaired) electrons. The highest BCUT2D eigenvalue weighted by Crippen LogP contribution is 2.32. The number of carboxylic acid groups (broad SMARTS) is 1. The van der Waals surface area contributed by atoms with E-state index in [-0.39, 0.29) is 11.9 Å². The molecule has 19 heavy (non-hydrogen) atoms. The fourth-order valence-corrected chi connectivity index (χ4v) is 3.16. The Morgan fingerprint density at radius 1 is 1.21 bits per heavy atom. The standard InChI is InChI=1S/C13H22N2O4/c16-7-11(13(18)19)15-12(17)10-6-5-8-3-1-2-4-9(8)14-10/h8-11,14,16H,1-7H2,(H,15,17)(H,18,19)/t8?,9?,10?,11-/m0/s1. The molecule has 4 N–H and O–H groups in total. The molecule has 0 aromatic heterocycles. The second kappa shape index (κ2) is 6.34. The number of aliphatic carboxylic acids is 1. The number of carbonyl (C=O) groups is 2. The van der Waals surface area contributed by atoms with E-state index in [0.717, 1.165) is 19.3 Å². The van der Waals surface area contributed by atoms with Crippen molar-refractivity contribution in [2.24, 2.45) is 5.92 Å². The summed E-state index contributed by atoms with van der Waals surface area (Å²) in [5, 5.41) is 23.4. The molecule has 0 bridgehead atoms. The lowest BCUT2D eigenvalue weighted by atomic mass is 9.77. The van der Waals surface area contributed by atoms with Gasteiger partial charge in [-0.3, -0.25) is 4.79 Å². The molecule has 2 aliphatic rings. The first kappa shape index (κ1) is 14.3. The van der Waals surface area contributed by atoms with Crippen LogP contribution in [0.2, 0.25) is 0 Å². The van der Waals surface area contributed by atoms with Gasteiger partial charge in [-0.2, -0.15) is 0 Å². The lowest BCUT2D eigenvalue weighted by Gasteiger charge is -2.40. The van der Waals surface area contributed by atoms with Gasteiger partial charge >= 0.3 is 5.97 Å². The first-order valence-electron chi connectivity index (χ1n) is 7.02. The number of amides is 1. The molecule has 6 nitrogen and oxygen atoms in total. The first-order valence-corrected chi connectivity index (χ1v) is 7.02. The molecular weight excluding hydrogens is 248 g/mol. The van der Waals surface area contributed by atoms with Crippen molar-refractivity contribution in [1.29, 1.82) is 0 Å². The number of aliphatic hydroxyl groups is 1. The van der Waals surface area contributed by atoms with Crippen LogP contribution >= 0.6 is 0 Å². The molecule has 6 heteroatoms. The SMILES string of the molecule is O=C(N[C@@H](CO)C(=O)O)C1CCC2CCCCC2N1. The molecule has 108 valence electrons. The summed E-state index contributed by atoms with van der Waals surface area (Å²) in [6.45, 7) is -0.583. The van der Waals surface area contributed by atoms with E-state index in [1.165, 1.54) is 19.3 Å². The lowest BCUT2D eigenvalue weighted by Crippen LogP contribution is -2.57. The third kappa shape index (κ3) is 3.45. The van der Waals surface area contributed by atoms with Gasteiger partial charge in [-0.15, -0.1) is 0 Å². The highest BCUT2D eigenvalue weighted by molar-refractivity contribution is 5.87. The number of carboxylic acids is 1. The maximum absolute atomic E-state index is 12.0. The van der Waals surface area contributed by atoms with Crippen LogP contribution in [0.3, 0.4) is 0 Å². The van der Waals surface area contributed by atoms with Crippen LogP contribution in [0.25, 0.3) is 0 Å². The Balaban J connectivity index is 1.88. The van der Waals surface area contributed by atoms with Crippen LogP contribution in [0.5, 0.6) is 0 Å². The van der Waals surface area contributed by atoms with Gasteiger partial charge in [0, 0.05) is 6.04 Å². The zero-order valence-electron chi connectivity index (χ0n) is 11.0. The normalized spacial score (nSPS) is 32.2. The van der Waals surface area contributed by atoms with Crippen molar-refractivity contribution in [3.63, 3.8) is 0 Å². The molecule has 1 saturated carbocycles. The molecule has 2 rings (SSSR count). The summed E-state index contributed by atoms with van der Waals surface area (Å²) >= 11 is 0. The summed E-state index contributed by atoms with van der Waals surface area (Å²) in [5.74, 6) is -0.862. The predicted octanol–water partition coefficient (Wildman–Crippen LogP) is -0.141. The molecule has 1 heterocycles. The Morgan fingerprint density at radius 2 is 1.95 bits per heavy atom. The molecule has 4 atom stereocenters. The average Bonchev–Trinajstić information content (AvgIpc) is 2.43. The molecule has 2 fully saturated rings. The third-order valence-electron chi connectivity index (χ3n) is 4.26. The number of piperidine rings is 1. The van der Waals surface area contributed by atoms with Crippen molar-refractivity contribution in [2.45, 2.75) is 56.7 Å². The topological polar surface area (TPSA) is 98.7 Å².